The summed E-state index contributed by atoms with van der Waals surface area (Å²) < 4.78 is 26.9. The predicted octanol–water partition coefficient (Wildman–Crippen LogP) is 12.4. The van der Waals surface area contributed by atoms with E-state index in [4.69, 9.17) is 13.8 Å². The fourth-order valence-electron chi connectivity index (χ4n) is 6.23. The van der Waals surface area contributed by atoms with Crippen LogP contribution in [0.2, 0.25) is 0 Å². The van der Waals surface area contributed by atoms with Gasteiger partial charge in [0.25, 0.3) is 0 Å². The third-order valence-electron chi connectivity index (χ3n) is 9.63. The monoisotopic (exact) mass is 786 g/mol. The number of nitrogens with one attached hydrogen (secondary N) is 1. The standard InChI is InChI=1S/C44H84NO8P/c1-3-5-7-9-11-13-15-17-19-21-23-25-27-29-31-33-35-37-44(48)51-40-42(46)41-53-54(49,50)52-39-38-45-43(47)36-34-32-30-28-26-24-22-20-18-16-14-12-10-8-6-4-2/h14,16,20,22,42,46H,3-13,15,17-19,21,23-41H2,1-2H3,(H,45,47)(H,49,50)/b16-14-,22-20-. The minimum absolute atomic E-state index is 0.0761. The Bertz CT molecular complexity index is 944. The van der Waals surface area contributed by atoms with E-state index >= 15 is 0 Å². The second-order valence-corrected chi connectivity index (χ2v) is 16.5. The van der Waals surface area contributed by atoms with Crippen molar-refractivity contribution in [1.29, 1.82) is 0 Å². The molecule has 0 rings (SSSR count). The van der Waals surface area contributed by atoms with Crippen LogP contribution in [0, 0.1) is 0 Å². The summed E-state index contributed by atoms with van der Waals surface area (Å²) in [5.74, 6) is -0.523. The van der Waals surface area contributed by atoms with Gasteiger partial charge < -0.3 is 20.1 Å². The lowest BCUT2D eigenvalue weighted by Gasteiger charge is -2.15. The van der Waals surface area contributed by atoms with E-state index < -0.39 is 26.5 Å². The zero-order valence-corrected chi connectivity index (χ0v) is 35.8. The number of esters is 1. The highest BCUT2D eigenvalue weighted by atomic mass is 31.2. The highest BCUT2D eigenvalue weighted by Crippen LogP contribution is 2.42. The summed E-state index contributed by atoms with van der Waals surface area (Å²) in [6, 6.07) is 0. The molecule has 0 spiro atoms. The molecule has 0 saturated carbocycles. The normalized spacial score (nSPS) is 13.5. The molecule has 9 nitrogen and oxygen atoms in total. The molecule has 0 aliphatic rings. The maximum atomic E-state index is 12.1. The van der Waals surface area contributed by atoms with E-state index in [1.807, 2.05) is 0 Å². The van der Waals surface area contributed by atoms with Gasteiger partial charge in [0.2, 0.25) is 5.91 Å². The van der Waals surface area contributed by atoms with Crippen LogP contribution in [0.15, 0.2) is 24.3 Å². The van der Waals surface area contributed by atoms with Crippen molar-refractivity contribution in [1.82, 2.24) is 5.32 Å². The number of unbranched alkanes of at least 4 members (excludes halogenated alkanes) is 25. The topological polar surface area (TPSA) is 131 Å². The Morgan fingerprint density at radius 2 is 1.00 bits per heavy atom. The smallest absolute Gasteiger partial charge is 0.463 e. The van der Waals surface area contributed by atoms with E-state index in [0.717, 1.165) is 64.2 Å². The number of carbonyl (C=O) groups excluding carboxylic acids is 2. The van der Waals surface area contributed by atoms with Crippen LogP contribution in [-0.4, -0.2) is 54.3 Å². The first kappa shape index (κ1) is 52.5. The van der Waals surface area contributed by atoms with Crippen LogP contribution >= 0.6 is 7.82 Å². The van der Waals surface area contributed by atoms with Crippen molar-refractivity contribution in [3.05, 3.63) is 24.3 Å². The Hall–Kier alpha value is -1.51. The molecule has 2 unspecified atom stereocenters. The Kier molecular flexibility index (Phi) is 40.0. The van der Waals surface area contributed by atoms with E-state index in [9.17, 15) is 24.2 Å². The minimum Gasteiger partial charge on any atom is -0.463 e. The number of phosphoric acid groups is 1. The van der Waals surface area contributed by atoms with Gasteiger partial charge in [0.1, 0.15) is 12.7 Å². The SMILES string of the molecule is CCCCCC/C=C\C/C=C\CCCCCCCC(=O)NCCOP(=O)(O)OCC(O)COC(=O)CCCCCCCCCCCCCCCCCCC. The zero-order chi connectivity index (χ0) is 39.6. The molecule has 0 heterocycles. The van der Waals surface area contributed by atoms with Gasteiger partial charge in [-0.2, -0.15) is 0 Å². The fourth-order valence-corrected chi connectivity index (χ4v) is 6.99. The Morgan fingerprint density at radius 1 is 0.574 bits per heavy atom. The van der Waals surface area contributed by atoms with Crippen molar-refractivity contribution in [2.24, 2.45) is 0 Å². The Labute approximate surface area is 331 Å². The number of aliphatic hydroxyl groups is 1. The number of allylic oxidation sites excluding steroid dienone is 4. The summed E-state index contributed by atoms with van der Waals surface area (Å²) in [4.78, 5) is 33.9. The van der Waals surface area contributed by atoms with Gasteiger partial charge in [-0.25, -0.2) is 4.57 Å². The van der Waals surface area contributed by atoms with E-state index in [1.165, 1.54) is 122 Å². The van der Waals surface area contributed by atoms with Crippen LogP contribution in [0.25, 0.3) is 0 Å². The van der Waals surface area contributed by atoms with Gasteiger partial charge in [0.05, 0.1) is 13.2 Å². The van der Waals surface area contributed by atoms with Crippen LogP contribution in [0.3, 0.4) is 0 Å². The predicted molar refractivity (Wildman–Crippen MR) is 224 cm³/mol. The molecule has 0 aliphatic carbocycles. The van der Waals surface area contributed by atoms with Crippen molar-refractivity contribution in [2.45, 2.75) is 219 Å². The third-order valence-corrected chi connectivity index (χ3v) is 10.6. The molecule has 0 fully saturated rings. The summed E-state index contributed by atoms with van der Waals surface area (Å²) in [5.41, 5.74) is 0. The largest absolute Gasteiger partial charge is 0.472 e. The minimum atomic E-state index is -4.42. The zero-order valence-electron chi connectivity index (χ0n) is 34.9. The molecule has 0 aromatic rings. The van der Waals surface area contributed by atoms with Gasteiger partial charge in [-0.1, -0.05) is 179 Å². The second-order valence-electron chi connectivity index (χ2n) is 15.0. The molecule has 54 heavy (non-hydrogen) atoms. The molecule has 318 valence electrons. The molecular weight excluding hydrogens is 701 g/mol. The van der Waals surface area contributed by atoms with Gasteiger partial charge >= 0.3 is 13.8 Å². The molecule has 10 heteroatoms. The average Bonchev–Trinajstić information content (AvgIpc) is 3.16. The number of ether oxygens (including phenoxy) is 1. The van der Waals surface area contributed by atoms with Crippen LogP contribution < -0.4 is 5.32 Å². The Balaban J connectivity index is 3.59. The van der Waals surface area contributed by atoms with Gasteiger partial charge in [0, 0.05) is 19.4 Å². The van der Waals surface area contributed by atoms with Crippen LogP contribution in [0.1, 0.15) is 213 Å². The lowest BCUT2D eigenvalue weighted by atomic mass is 10.0. The van der Waals surface area contributed by atoms with Crippen molar-refractivity contribution in [3.8, 4) is 0 Å². The summed E-state index contributed by atoms with van der Waals surface area (Å²) in [5, 5.41) is 12.7. The number of phosphoric ester groups is 1. The van der Waals surface area contributed by atoms with Crippen LogP contribution in [-0.2, 0) is 27.9 Å². The molecule has 0 aromatic heterocycles. The maximum absolute atomic E-state index is 12.1. The first-order chi connectivity index (χ1) is 26.3. The van der Waals surface area contributed by atoms with Crippen molar-refractivity contribution >= 4 is 19.7 Å². The lowest BCUT2D eigenvalue weighted by molar-refractivity contribution is -0.147. The first-order valence-corrected chi connectivity index (χ1v) is 23.8. The van der Waals surface area contributed by atoms with Gasteiger partial charge in [-0.3, -0.25) is 18.6 Å². The number of rotatable bonds is 42. The summed E-state index contributed by atoms with van der Waals surface area (Å²) in [7, 11) is -4.42. The first-order valence-electron chi connectivity index (χ1n) is 22.3. The van der Waals surface area contributed by atoms with E-state index in [2.05, 4.69) is 43.5 Å². The van der Waals surface area contributed by atoms with Gasteiger partial charge in [-0.15, -0.1) is 0 Å². The number of aliphatic hydroxyl groups excluding tert-OH is 1. The Morgan fingerprint density at radius 3 is 1.50 bits per heavy atom. The number of amides is 1. The van der Waals surface area contributed by atoms with Crippen LogP contribution in [0.4, 0.5) is 0 Å². The molecule has 1 amide bonds. The van der Waals surface area contributed by atoms with E-state index in [1.54, 1.807) is 0 Å². The number of hydrogen-bond donors (Lipinski definition) is 3. The second kappa shape index (κ2) is 41.1. The summed E-state index contributed by atoms with van der Waals surface area (Å²) in [6.07, 6.45) is 43.9. The quantitative estimate of drug-likeness (QED) is 0.0241. The van der Waals surface area contributed by atoms with E-state index in [0.29, 0.717) is 6.42 Å². The molecule has 0 saturated heterocycles. The van der Waals surface area contributed by atoms with Crippen molar-refractivity contribution < 1.29 is 37.9 Å². The highest BCUT2D eigenvalue weighted by molar-refractivity contribution is 7.47. The molecule has 2 atom stereocenters. The van der Waals surface area contributed by atoms with E-state index in [-0.39, 0.29) is 32.1 Å². The molecule has 0 bridgehead atoms. The molecule has 0 aromatic carbocycles. The molecule has 0 radical (unpaired) electrons. The lowest BCUT2D eigenvalue weighted by Crippen LogP contribution is -2.27. The summed E-state index contributed by atoms with van der Waals surface area (Å²) >= 11 is 0. The van der Waals surface area contributed by atoms with Crippen LogP contribution in [0.5, 0.6) is 0 Å². The average molecular weight is 786 g/mol. The van der Waals surface area contributed by atoms with Gasteiger partial charge in [-0.05, 0) is 44.9 Å². The van der Waals surface area contributed by atoms with Crippen molar-refractivity contribution in [2.75, 3.05) is 26.4 Å². The fraction of sp³-hybridized carbons (Fsp3) is 0.864. The number of hydrogen-bond acceptors (Lipinski definition) is 7. The molecular formula is C44H84NO8P. The van der Waals surface area contributed by atoms with Gasteiger partial charge in [0.15, 0.2) is 0 Å². The molecule has 3 N–H and O–H groups in total. The van der Waals surface area contributed by atoms with Crippen molar-refractivity contribution in [3.63, 3.8) is 0 Å². The highest BCUT2D eigenvalue weighted by Gasteiger charge is 2.23. The maximum Gasteiger partial charge on any atom is 0.472 e. The number of carbonyl (C=O) groups is 2. The third kappa shape index (κ3) is 41.6. The molecule has 0 aliphatic heterocycles. The summed E-state index contributed by atoms with van der Waals surface area (Å²) in [6.45, 7) is 3.54.